The standard InChI is InChI=1S/C15H13BrN2O/c1-11-6-8-12(9-7-11)15(19)18-17-10-13-4-2-3-5-14(13)16/h2-10H,1H3,(H,18,19)/b17-10-. The molecule has 0 aliphatic carbocycles. The normalized spacial score (nSPS) is 10.6. The molecule has 0 heterocycles. The number of nitrogens with one attached hydrogen (secondary N) is 1. The van der Waals surface area contributed by atoms with Crippen LogP contribution in [0.3, 0.4) is 0 Å². The Morgan fingerprint density at radius 2 is 1.84 bits per heavy atom. The third kappa shape index (κ3) is 3.76. The van der Waals surface area contributed by atoms with Crippen molar-refractivity contribution in [2.45, 2.75) is 6.92 Å². The number of benzene rings is 2. The predicted molar refractivity (Wildman–Crippen MR) is 80.4 cm³/mol. The Kier molecular flexibility index (Phi) is 4.47. The van der Waals surface area contributed by atoms with E-state index in [4.69, 9.17) is 0 Å². The Morgan fingerprint density at radius 3 is 2.53 bits per heavy atom. The third-order valence-corrected chi connectivity index (χ3v) is 3.31. The van der Waals surface area contributed by atoms with Gasteiger partial charge >= 0.3 is 0 Å². The van der Waals surface area contributed by atoms with Crippen molar-refractivity contribution < 1.29 is 4.79 Å². The van der Waals surface area contributed by atoms with Crippen molar-refractivity contribution >= 4 is 28.1 Å². The van der Waals surface area contributed by atoms with E-state index >= 15 is 0 Å². The Bertz CT molecular complexity index is 606. The van der Waals surface area contributed by atoms with E-state index in [-0.39, 0.29) is 5.91 Å². The molecule has 96 valence electrons. The number of rotatable bonds is 3. The molecule has 0 bridgehead atoms. The van der Waals surface area contributed by atoms with Crippen LogP contribution in [0.1, 0.15) is 21.5 Å². The van der Waals surface area contributed by atoms with Crippen LogP contribution in [-0.2, 0) is 0 Å². The number of aryl methyl sites for hydroxylation is 1. The van der Waals surface area contributed by atoms with E-state index in [1.165, 1.54) is 0 Å². The van der Waals surface area contributed by atoms with Crippen molar-refractivity contribution in [3.8, 4) is 0 Å². The van der Waals surface area contributed by atoms with Crippen molar-refractivity contribution in [1.29, 1.82) is 0 Å². The van der Waals surface area contributed by atoms with Crippen LogP contribution in [0.4, 0.5) is 0 Å². The average Bonchev–Trinajstić information content (AvgIpc) is 2.41. The molecule has 4 heteroatoms. The zero-order chi connectivity index (χ0) is 13.7. The molecule has 0 aromatic heterocycles. The fraction of sp³-hybridized carbons (Fsp3) is 0.0667. The maximum atomic E-state index is 11.8. The maximum absolute atomic E-state index is 11.8. The van der Waals surface area contributed by atoms with Crippen LogP contribution in [0.15, 0.2) is 58.1 Å². The van der Waals surface area contributed by atoms with E-state index in [9.17, 15) is 4.79 Å². The molecule has 1 N–H and O–H groups in total. The second-order valence-corrected chi connectivity index (χ2v) is 4.94. The molecular formula is C15H13BrN2O. The topological polar surface area (TPSA) is 41.5 Å². The molecule has 1 amide bonds. The first-order chi connectivity index (χ1) is 9.16. The largest absolute Gasteiger partial charge is 0.271 e. The summed E-state index contributed by atoms with van der Waals surface area (Å²) >= 11 is 3.41. The lowest BCUT2D eigenvalue weighted by Crippen LogP contribution is -2.17. The molecule has 0 saturated heterocycles. The summed E-state index contributed by atoms with van der Waals surface area (Å²) in [6.45, 7) is 1.98. The van der Waals surface area contributed by atoms with Crippen molar-refractivity contribution in [2.75, 3.05) is 0 Å². The second-order valence-electron chi connectivity index (χ2n) is 4.09. The van der Waals surface area contributed by atoms with Crippen LogP contribution in [0, 0.1) is 6.92 Å². The molecule has 19 heavy (non-hydrogen) atoms. The third-order valence-electron chi connectivity index (χ3n) is 2.59. The van der Waals surface area contributed by atoms with Gasteiger partial charge in [-0.05, 0) is 25.1 Å². The van der Waals surface area contributed by atoms with Crippen LogP contribution >= 0.6 is 15.9 Å². The van der Waals surface area contributed by atoms with Gasteiger partial charge in [-0.15, -0.1) is 0 Å². The summed E-state index contributed by atoms with van der Waals surface area (Å²) in [7, 11) is 0. The van der Waals surface area contributed by atoms with Gasteiger partial charge in [-0.1, -0.05) is 51.8 Å². The fourth-order valence-corrected chi connectivity index (χ4v) is 1.90. The Hall–Kier alpha value is -1.94. The van der Waals surface area contributed by atoms with Crippen molar-refractivity contribution in [1.82, 2.24) is 5.43 Å². The minimum absolute atomic E-state index is 0.219. The molecule has 0 spiro atoms. The van der Waals surface area contributed by atoms with Gasteiger partial charge in [0.2, 0.25) is 0 Å². The lowest BCUT2D eigenvalue weighted by Gasteiger charge is -2.00. The molecule has 0 fully saturated rings. The van der Waals surface area contributed by atoms with Gasteiger partial charge in [0.1, 0.15) is 0 Å². The summed E-state index contributed by atoms with van der Waals surface area (Å²) in [5.41, 5.74) is 5.12. The summed E-state index contributed by atoms with van der Waals surface area (Å²) in [6, 6.07) is 15.0. The summed E-state index contributed by atoms with van der Waals surface area (Å²) in [5, 5.41) is 3.95. The fourth-order valence-electron chi connectivity index (χ4n) is 1.51. The number of hydrazone groups is 1. The van der Waals surface area contributed by atoms with E-state index in [0.717, 1.165) is 15.6 Å². The first-order valence-corrected chi connectivity index (χ1v) is 6.61. The van der Waals surface area contributed by atoms with Crippen molar-refractivity contribution in [2.24, 2.45) is 5.10 Å². The van der Waals surface area contributed by atoms with Gasteiger partial charge in [0.05, 0.1) is 6.21 Å². The van der Waals surface area contributed by atoms with E-state index in [2.05, 4.69) is 26.5 Å². The quantitative estimate of drug-likeness (QED) is 0.683. The molecule has 2 aromatic rings. The van der Waals surface area contributed by atoms with E-state index in [1.54, 1.807) is 18.3 Å². The highest BCUT2D eigenvalue weighted by Crippen LogP contribution is 2.13. The number of carbonyl (C=O) groups is 1. The number of nitrogens with zero attached hydrogens (tertiary/aromatic N) is 1. The zero-order valence-electron chi connectivity index (χ0n) is 10.4. The van der Waals surface area contributed by atoms with Gasteiger partial charge in [0, 0.05) is 15.6 Å². The molecule has 0 aliphatic rings. The lowest BCUT2D eigenvalue weighted by molar-refractivity contribution is 0.0955. The van der Waals surface area contributed by atoms with E-state index in [0.29, 0.717) is 5.56 Å². The van der Waals surface area contributed by atoms with Crippen LogP contribution in [0.5, 0.6) is 0 Å². The molecule has 2 aromatic carbocycles. The van der Waals surface area contributed by atoms with Gasteiger partial charge in [-0.2, -0.15) is 5.10 Å². The number of hydrogen-bond donors (Lipinski definition) is 1. The molecule has 2 rings (SSSR count). The van der Waals surface area contributed by atoms with Gasteiger partial charge in [-0.25, -0.2) is 5.43 Å². The minimum atomic E-state index is -0.219. The molecule has 0 unspecified atom stereocenters. The summed E-state index contributed by atoms with van der Waals surface area (Å²) in [6.07, 6.45) is 1.61. The highest BCUT2D eigenvalue weighted by molar-refractivity contribution is 9.10. The van der Waals surface area contributed by atoms with Crippen molar-refractivity contribution in [3.63, 3.8) is 0 Å². The maximum Gasteiger partial charge on any atom is 0.271 e. The summed E-state index contributed by atoms with van der Waals surface area (Å²) in [4.78, 5) is 11.8. The molecular weight excluding hydrogens is 304 g/mol. The minimum Gasteiger partial charge on any atom is -0.267 e. The van der Waals surface area contributed by atoms with Crippen LogP contribution < -0.4 is 5.43 Å². The van der Waals surface area contributed by atoms with Gasteiger partial charge < -0.3 is 0 Å². The SMILES string of the molecule is Cc1ccc(C(=O)N/N=C\c2ccccc2Br)cc1. The van der Waals surface area contributed by atoms with E-state index in [1.807, 2.05) is 43.3 Å². The first kappa shape index (κ1) is 13.5. The molecule has 0 radical (unpaired) electrons. The van der Waals surface area contributed by atoms with Gasteiger partial charge in [-0.3, -0.25) is 4.79 Å². The number of hydrogen-bond acceptors (Lipinski definition) is 2. The monoisotopic (exact) mass is 316 g/mol. The molecule has 0 aliphatic heterocycles. The molecule has 0 saturated carbocycles. The second kappa shape index (κ2) is 6.29. The zero-order valence-corrected chi connectivity index (χ0v) is 12.0. The molecule has 0 atom stereocenters. The predicted octanol–water partition coefficient (Wildman–Crippen LogP) is 3.52. The number of halogens is 1. The lowest BCUT2D eigenvalue weighted by atomic mass is 10.1. The van der Waals surface area contributed by atoms with Gasteiger partial charge in [0.25, 0.3) is 5.91 Å². The first-order valence-electron chi connectivity index (χ1n) is 5.81. The highest BCUT2D eigenvalue weighted by Gasteiger charge is 2.02. The van der Waals surface area contributed by atoms with Crippen LogP contribution in [-0.4, -0.2) is 12.1 Å². The average molecular weight is 317 g/mol. The van der Waals surface area contributed by atoms with Crippen molar-refractivity contribution in [3.05, 3.63) is 69.7 Å². The smallest absolute Gasteiger partial charge is 0.267 e. The molecule has 3 nitrogen and oxygen atoms in total. The number of carbonyl (C=O) groups excluding carboxylic acids is 1. The summed E-state index contributed by atoms with van der Waals surface area (Å²) in [5.74, 6) is -0.219. The van der Waals surface area contributed by atoms with Gasteiger partial charge in [0.15, 0.2) is 0 Å². The Balaban J connectivity index is 2.01. The van der Waals surface area contributed by atoms with Crippen LogP contribution in [0.2, 0.25) is 0 Å². The van der Waals surface area contributed by atoms with Crippen LogP contribution in [0.25, 0.3) is 0 Å². The summed E-state index contributed by atoms with van der Waals surface area (Å²) < 4.78 is 0.934. The Morgan fingerprint density at radius 1 is 1.16 bits per heavy atom. The highest BCUT2D eigenvalue weighted by atomic mass is 79.9. The van der Waals surface area contributed by atoms with E-state index < -0.39 is 0 Å². The number of amides is 1. The Labute approximate surface area is 120 Å².